The quantitative estimate of drug-likeness (QED) is 0.209. The average molecular weight is 704 g/mol. The summed E-state index contributed by atoms with van der Waals surface area (Å²) in [5.41, 5.74) is 0.479. The molecule has 2 aromatic carbocycles. The molecule has 0 amide bonds. The number of thioether (sulfide) groups is 1. The van der Waals surface area contributed by atoms with E-state index in [2.05, 4.69) is 9.72 Å². The molecule has 1 aliphatic carbocycles. The van der Waals surface area contributed by atoms with Crippen molar-refractivity contribution in [2.75, 3.05) is 18.9 Å². The predicted octanol–water partition coefficient (Wildman–Crippen LogP) is 6.07. The van der Waals surface area contributed by atoms with Gasteiger partial charge in [0.25, 0.3) is 0 Å². The van der Waals surface area contributed by atoms with Crippen LogP contribution < -0.4 is 9.47 Å². The van der Waals surface area contributed by atoms with E-state index < -0.39 is 40.1 Å². The lowest BCUT2D eigenvalue weighted by Gasteiger charge is -2.26. The highest BCUT2D eigenvalue weighted by Gasteiger charge is 2.42. The monoisotopic (exact) mass is 702 g/mol. The molecule has 1 unspecified atom stereocenters. The van der Waals surface area contributed by atoms with E-state index in [4.69, 9.17) is 32.7 Å². The number of carboxylic acids is 1. The average Bonchev–Trinajstić information content (AvgIpc) is 3.69. The van der Waals surface area contributed by atoms with Crippen LogP contribution in [0.4, 0.5) is 8.78 Å². The Morgan fingerprint density at radius 2 is 1.82 bits per heavy atom. The first kappa shape index (κ1) is 33.2. The molecule has 2 atom stereocenters. The molecule has 1 saturated heterocycles. The van der Waals surface area contributed by atoms with Crippen LogP contribution in [-0.4, -0.2) is 65.6 Å². The summed E-state index contributed by atoms with van der Waals surface area (Å²) in [7, 11) is -4.30. The number of esters is 1. The summed E-state index contributed by atoms with van der Waals surface area (Å²) < 4.78 is 70.7. The van der Waals surface area contributed by atoms with Gasteiger partial charge in [-0.1, -0.05) is 35.3 Å². The van der Waals surface area contributed by atoms with Gasteiger partial charge in [0.15, 0.2) is 16.9 Å². The molecule has 0 radical (unpaired) electrons. The Hall–Kier alpha value is -3.17. The number of aromatic nitrogens is 1. The van der Waals surface area contributed by atoms with Gasteiger partial charge in [-0.15, -0.1) is 11.8 Å². The third-order valence-electron chi connectivity index (χ3n) is 7.07. The Bertz CT molecular complexity index is 1670. The van der Waals surface area contributed by atoms with Crippen LogP contribution in [0.15, 0.2) is 59.8 Å². The number of carbonyl (C=O) groups excluding carboxylic acids is 1. The van der Waals surface area contributed by atoms with Gasteiger partial charge in [-0.05, 0) is 60.2 Å². The molecule has 10 nitrogen and oxygen atoms in total. The van der Waals surface area contributed by atoms with Gasteiger partial charge in [-0.25, -0.2) is 18.0 Å². The number of hydrogen-bond acceptors (Lipinski definition) is 9. The first-order chi connectivity index (χ1) is 21.4. The van der Waals surface area contributed by atoms with Crippen LogP contribution in [0, 0.1) is 5.92 Å². The lowest BCUT2D eigenvalue weighted by atomic mass is 10.0. The molecule has 16 heteroatoms. The van der Waals surface area contributed by atoms with Gasteiger partial charge >= 0.3 is 18.6 Å². The number of halogens is 4. The van der Waals surface area contributed by atoms with Crippen LogP contribution in [0.2, 0.25) is 10.0 Å². The molecule has 3 aromatic rings. The second-order valence-electron chi connectivity index (χ2n) is 10.2. The van der Waals surface area contributed by atoms with Crippen LogP contribution in [0.25, 0.3) is 0 Å². The van der Waals surface area contributed by atoms with Gasteiger partial charge in [0.2, 0.25) is 10.0 Å². The van der Waals surface area contributed by atoms with Crippen molar-refractivity contribution in [2.24, 2.45) is 5.92 Å². The number of ether oxygens (including phenoxy) is 3. The molecule has 0 spiro atoms. The topological polar surface area (TPSA) is 132 Å². The fourth-order valence-corrected chi connectivity index (χ4v) is 8.19. The number of rotatable bonds is 13. The number of aromatic carboxylic acids is 1. The minimum atomic E-state index is -4.30. The molecule has 1 aliphatic heterocycles. The molecular formula is C29H26Cl2F2N2O8S2. The maximum Gasteiger partial charge on any atom is 0.387 e. The largest absolute Gasteiger partial charge is 0.489 e. The van der Waals surface area contributed by atoms with Gasteiger partial charge in [-0.3, -0.25) is 4.98 Å². The first-order valence-electron chi connectivity index (χ1n) is 13.6. The molecule has 5 rings (SSSR count). The van der Waals surface area contributed by atoms with Gasteiger partial charge in [0.05, 0.1) is 27.1 Å². The van der Waals surface area contributed by atoms with Crippen LogP contribution in [-0.2, 0) is 26.0 Å². The summed E-state index contributed by atoms with van der Waals surface area (Å²) in [6.07, 6.45) is 3.41. The Morgan fingerprint density at radius 3 is 2.49 bits per heavy atom. The highest BCUT2D eigenvalue weighted by atomic mass is 35.5. The van der Waals surface area contributed by atoms with Gasteiger partial charge < -0.3 is 19.3 Å². The standard InChI is InChI=1S/C29H26Cl2F2N2O8S2/c30-21-13-34-14-22(31)20(21)12-24(17-6-7-23(43-29(32)33)25(11-17)41-15-16-4-5-16)42-28(38)26-35(8-9-44-26)45(39,40)19-3-1-2-18(10-19)27(36)37/h1-3,6-7,10-11,13-14,16,24,26,29H,4-5,8-9,12,15H2,(H,36,37)/t24?,26-/m0/s1. The van der Waals surface area contributed by atoms with Crippen LogP contribution >= 0.6 is 35.0 Å². The number of carboxylic acid groups (broad SMARTS) is 1. The highest BCUT2D eigenvalue weighted by molar-refractivity contribution is 8.02. The number of alkyl halides is 2. The molecule has 1 N–H and O–H groups in total. The molecule has 2 aliphatic rings. The summed E-state index contributed by atoms with van der Waals surface area (Å²) in [5, 5.41) is 8.39. The van der Waals surface area contributed by atoms with Gasteiger partial charge in [0, 0.05) is 31.1 Å². The van der Waals surface area contributed by atoms with Crippen molar-refractivity contribution >= 4 is 56.9 Å². The fraction of sp³-hybridized carbons (Fsp3) is 0.345. The molecule has 1 aromatic heterocycles. The Balaban J connectivity index is 1.46. The van der Waals surface area contributed by atoms with Crippen molar-refractivity contribution in [3.8, 4) is 11.5 Å². The molecule has 240 valence electrons. The third-order valence-corrected chi connectivity index (χ3v) is 10.9. The van der Waals surface area contributed by atoms with E-state index >= 15 is 0 Å². The minimum absolute atomic E-state index is 0.0189. The zero-order valence-corrected chi connectivity index (χ0v) is 26.4. The second-order valence-corrected chi connectivity index (χ2v) is 14.1. The summed E-state index contributed by atoms with van der Waals surface area (Å²) in [4.78, 5) is 28.8. The van der Waals surface area contributed by atoms with E-state index in [0.29, 0.717) is 17.0 Å². The molecule has 2 fully saturated rings. The normalized spacial score (nSPS) is 17.7. The first-order valence-corrected chi connectivity index (χ1v) is 16.8. The molecule has 2 heterocycles. The van der Waals surface area contributed by atoms with Crippen LogP contribution in [0.5, 0.6) is 11.5 Å². The SMILES string of the molecule is O=C(O)c1cccc(S(=O)(=O)N2CCS[C@H]2C(=O)OC(Cc2c(Cl)cncc2Cl)c2ccc(OC(F)F)c(OCC3CC3)c2)c1. The van der Waals surface area contributed by atoms with Gasteiger partial charge in [-0.2, -0.15) is 13.1 Å². The zero-order valence-electron chi connectivity index (χ0n) is 23.3. The maximum absolute atomic E-state index is 13.7. The number of pyridine rings is 1. The van der Waals surface area contributed by atoms with E-state index in [1.165, 1.54) is 48.8 Å². The fourth-order valence-electron chi connectivity index (χ4n) is 4.58. The van der Waals surface area contributed by atoms with E-state index in [1.807, 2.05) is 0 Å². The third kappa shape index (κ3) is 7.98. The van der Waals surface area contributed by atoms with E-state index in [1.54, 1.807) is 0 Å². The Labute approximate surface area is 271 Å². The number of nitrogens with zero attached hydrogens (tertiary/aromatic N) is 2. The summed E-state index contributed by atoms with van der Waals surface area (Å²) in [6.45, 7) is -2.86. The van der Waals surface area contributed by atoms with Crippen molar-refractivity contribution in [3.63, 3.8) is 0 Å². The summed E-state index contributed by atoms with van der Waals surface area (Å²) >= 11 is 13.8. The number of benzene rings is 2. The van der Waals surface area contributed by atoms with Crippen molar-refractivity contribution < 1.29 is 46.1 Å². The molecule has 1 saturated carbocycles. The van der Waals surface area contributed by atoms with Crippen molar-refractivity contribution in [1.29, 1.82) is 0 Å². The lowest BCUT2D eigenvalue weighted by molar-refractivity contribution is -0.150. The predicted molar refractivity (Wildman–Crippen MR) is 162 cm³/mol. The second kappa shape index (κ2) is 14.1. The van der Waals surface area contributed by atoms with Crippen molar-refractivity contribution in [1.82, 2.24) is 9.29 Å². The minimum Gasteiger partial charge on any atom is -0.489 e. The summed E-state index contributed by atoms with van der Waals surface area (Å²) in [5.74, 6) is -1.84. The van der Waals surface area contributed by atoms with E-state index in [9.17, 15) is 31.9 Å². The van der Waals surface area contributed by atoms with Crippen LogP contribution in [0.1, 0.15) is 40.4 Å². The van der Waals surface area contributed by atoms with Crippen molar-refractivity contribution in [2.45, 2.75) is 42.2 Å². The smallest absolute Gasteiger partial charge is 0.387 e. The highest BCUT2D eigenvalue weighted by Crippen LogP contribution is 2.39. The molecular weight excluding hydrogens is 677 g/mol. The molecule has 45 heavy (non-hydrogen) atoms. The Morgan fingerprint density at radius 1 is 1.09 bits per heavy atom. The van der Waals surface area contributed by atoms with Gasteiger partial charge in [0.1, 0.15) is 6.10 Å². The van der Waals surface area contributed by atoms with E-state index in [-0.39, 0.29) is 57.3 Å². The van der Waals surface area contributed by atoms with Crippen LogP contribution in [0.3, 0.4) is 0 Å². The van der Waals surface area contributed by atoms with E-state index in [0.717, 1.165) is 35.0 Å². The maximum atomic E-state index is 13.7. The lowest BCUT2D eigenvalue weighted by Crippen LogP contribution is -2.40. The molecule has 0 bridgehead atoms. The Kier molecular flexibility index (Phi) is 10.4. The zero-order chi connectivity index (χ0) is 32.3. The number of hydrogen-bond donors (Lipinski definition) is 1. The van der Waals surface area contributed by atoms with Crippen molar-refractivity contribution in [3.05, 3.63) is 81.6 Å². The summed E-state index contributed by atoms with van der Waals surface area (Å²) in [6, 6.07) is 8.95. The number of carbonyl (C=O) groups is 2. The number of sulfonamides is 1.